The first-order chi connectivity index (χ1) is 11.7. The standard InChI is InChI=1S/C18H28N4O2/c1-3-20-18(22-13-16-8-5-11-24-16)21-10-9-14-6-4-7-15(12-14)17(23)19-2/h4,6-7,12,16H,3,5,8-11,13H2,1-2H3,(H,19,23)(H2,20,21,22). The molecule has 1 amide bonds. The Kier molecular flexibility index (Phi) is 7.55. The van der Waals surface area contributed by atoms with Crippen LogP contribution in [0.2, 0.25) is 0 Å². The monoisotopic (exact) mass is 332 g/mol. The lowest BCUT2D eigenvalue weighted by molar-refractivity contribution is 0.0963. The number of hydrogen-bond donors (Lipinski definition) is 3. The summed E-state index contributed by atoms with van der Waals surface area (Å²) in [5.41, 5.74) is 1.81. The van der Waals surface area contributed by atoms with E-state index in [1.54, 1.807) is 7.05 Å². The highest BCUT2D eigenvalue weighted by Gasteiger charge is 2.14. The number of nitrogens with one attached hydrogen (secondary N) is 3. The predicted molar refractivity (Wildman–Crippen MR) is 96.5 cm³/mol. The molecule has 0 bridgehead atoms. The van der Waals surface area contributed by atoms with E-state index in [9.17, 15) is 4.79 Å². The fraction of sp³-hybridized carbons (Fsp3) is 0.556. The SMILES string of the molecule is CCNC(=NCC1CCCO1)NCCc1cccc(C(=O)NC)c1. The van der Waals surface area contributed by atoms with Crippen molar-refractivity contribution in [1.82, 2.24) is 16.0 Å². The van der Waals surface area contributed by atoms with Gasteiger partial charge in [-0.2, -0.15) is 0 Å². The molecule has 24 heavy (non-hydrogen) atoms. The van der Waals surface area contributed by atoms with Crippen molar-refractivity contribution in [3.05, 3.63) is 35.4 Å². The third-order valence-electron chi connectivity index (χ3n) is 3.94. The van der Waals surface area contributed by atoms with Crippen LogP contribution in [0, 0.1) is 0 Å². The van der Waals surface area contributed by atoms with Gasteiger partial charge in [-0.05, 0) is 43.9 Å². The molecule has 6 nitrogen and oxygen atoms in total. The average Bonchev–Trinajstić information content (AvgIpc) is 3.12. The molecule has 1 unspecified atom stereocenters. The zero-order valence-electron chi connectivity index (χ0n) is 14.6. The van der Waals surface area contributed by atoms with E-state index < -0.39 is 0 Å². The van der Waals surface area contributed by atoms with Gasteiger partial charge in [-0.3, -0.25) is 9.79 Å². The number of carbonyl (C=O) groups excluding carboxylic acids is 1. The van der Waals surface area contributed by atoms with Gasteiger partial charge in [0.1, 0.15) is 0 Å². The van der Waals surface area contributed by atoms with E-state index in [-0.39, 0.29) is 12.0 Å². The quantitative estimate of drug-likeness (QED) is 0.520. The second-order valence-electron chi connectivity index (χ2n) is 5.81. The summed E-state index contributed by atoms with van der Waals surface area (Å²) in [4.78, 5) is 16.3. The van der Waals surface area contributed by atoms with Gasteiger partial charge in [-0.15, -0.1) is 0 Å². The molecule has 0 radical (unpaired) electrons. The summed E-state index contributed by atoms with van der Waals surface area (Å²) in [6.45, 7) is 5.18. The van der Waals surface area contributed by atoms with E-state index in [0.29, 0.717) is 12.1 Å². The molecule has 1 atom stereocenters. The molecule has 2 rings (SSSR count). The summed E-state index contributed by atoms with van der Waals surface area (Å²) in [6, 6.07) is 7.70. The van der Waals surface area contributed by atoms with E-state index in [1.807, 2.05) is 24.3 Å². The summed E-state index contributed by atoms with van der Waals surface area (Å²) in [7, 11) is 1.64. The van der Waals surface area contributed by atoms with Crippen LogP contribution in [0.5, 0.6) is 0 Å². The van der Waals surface area contributed by atoms with Gasteiger partial charge in [0.25, 0.3) is 5.91 Å². The number of carbonyl (C=O) groups is 1. The molecule has 1 fully saturated rings. The largest absolute Gasteiger partial charge is 0.376 e. The Balaban J connectivity index is 1.83. The number of hydrogen-bond acceptors (Lipinski definition) is 3. The van der Waals surface area contributed by atoms with Crippen LogP contribution in [0.25, 0.3) is 0 Å². The Morgan fingerprint density at radius 2 is 2.25 bits per heavy atom. The zero-order chi connectivity index (χ0) is 17.2. The topological polar surface area (TPSA) is 74.8 Å². The van der Waals surface area contributed by atoms with Crippen LogP contribution in [0.4, 0.5) is 0 Å². The van der Waals surface area contributed by atoms with E-state index >= 15 is 0 Å². The first-order valence-corrected chi connectivity index (χ1v) is 8.67. The number of ether oxygens (including phenoxy) is 1. The summed E-state index contributed by atoms with van der Waals surface area (Å²) >= 11 is 0. The molecule has 1 aliphatic heterocycles. The van der Waals surface area contributed by atoms with Gasteiger partial charge < -0.3 is 20.7 Å². The molecule has 0 saturated carbocycles. The summed E-state index contributed by atoms with van der Waals surface area (Å²) in [5.74, 6) is 0.756. The normalized spacial score (nSPS) is 17.6. The van der Waals surface area contributed by atoms with E-state index in [0.717, 1.165) is 50.5 Å². The molecule has 1 aromatic rings. The fourth-order valence-corrected chi connectivity index (χ4v) is 2.66. The van der Waals surface area contributed by atoms with E-state index in [1.165, 1.54) is 0 Å². The molecule has 1 saturated heterocycles. The smallest absolute Gasteiger partial charge is 0.251 e. The second-order valence-corrected chi connectivity index (χ2v) is 5.81. The maximum Gasteiger partial charge on any atom is 0.251 e. The van der Waals surface area contributed by atoms with Crippen LogP contribution in [0.1, 0.15) is 35.7 Å². The van der Waals surface area contributed by atoms with Crippen molar-refractivity contribution in [1.29, 1.82) is 0 Å². The number of rotatable bonds is 7. The van der Waals surface area contributed by atoms with Crippen LogP contribution in [0.3, 0.4) is 0 Å². The van der Waals surface area contributed by atoms with E-state index in [2.05, 4.69) is 27.9 Å². The van der Waals surface area contributed by atoms with Crippen molar-refractivity contribution in [3.63, 3.8) is 0 Å². The van der Waals surface area contributed by atoms with Gasteiger partial charge in [-0.1, -0.05) is 12.1 Å². The molecule has 0 aromatic heterocycles. The number of benzene rings is 1. The molecule has 1 heterocycles. The zero-order valence-corrected chi connectivity index (χ0v) is 14.6. The van der Waals surface area contributed by atoms with Gasteiger partial charge in [0, 0.05) is 32.3 Å². The highest BCUT2D eigenvalue weighted by atomic mass is 16.5. The van der Waals surface area contributed by atoms with Crippen molar-refractivity contribution >= 4 is 11.9 Å². The van der Waals surface area contributed by atoms with Crippen LogP contribution in [0.15, 0.2) is 29.3 Å². The van der Waals surface area contributed by atoms with Crippen molar-refractivity contribution in [3.8, 4) is 0 Å². The number of aliphatic imine (C=N–C) groups is 1. The first kappa shape index (κ1) is 18.3. The highest BCUT2D eigenvalue weighted by Crippen LogP contribution is 2.11. The minimum atomic E-state index is -0.0590. The maximum absolute atomic E-state index is 11.7. The Morgan fingerprint density at radius 3 is 2.96 bits per heavy atom. The summed E-state index contributed by atoms with van der Waals surface area (Å²) in [6.07, 6.45) is 3.31. The van der Waals surface area contributed by atoms with Crippen molar-refractivity contribution in [2.24, 2.45) is 4.99 Å². The van der Waals surface area contributed by atoms with Crippen LogP contribution in [-0.2, 0) is 11.2 Å². The number of nitrogens with zero attached hydrogens (tertiary/aromatic N) is 1. The molecule has 3 N–H and O–H groups in total. The third-order valence-corrected chi connectivity index (χ3v) is 3.94. The molecular formula is C18H28N4O2. The maximum atomic E-state index is 11.7. The molecule has 132 valence electrons. The van der Waals surface area contributed by atoms with Gasteiger partial charge in [0.15, 0.2) is 5.96 Å². The van der Waals surface area contributed by atoms with Gasteiger partial charge in [0.2, 0.25) is 0 Å². The van der Waals surface area contributed by atoms with Gasteiger partial charge >= 0.3 is 0 Å². The lowest BCUT2D eigenvalue weighted by atomic mass is 10.1. The van der Waals surface area contributed by atoms with Gasteiger partial charge in [-0.25, -0.2) is 0 Å². The summed E-state index contributed by atoms with van der Waals surface area (Å²) < 4.78 is 5.60. The molecule has 1 aliphatic rings. The Labute approximate surface area is 144 Å². The first-order valence-electron chi connectivity index (χ1n) is 8.67. The van der Waals surface area contributed by atoms with Crippen LogP contribution < -0.4 is 16.0 Å². The molecular weight excluding hydrogens is 304 g/mol. The Hall–Kier alpha value is -2.08. The van der Waals surface area contributed by atoms with Crippen molar-refractivity contribution in [2.75, 3.05) is 33.3 Å². The molecule has 0 spiro atoms. The van der Waals surface area contributed by atoms with Gasteiger partial charge in [0.05, 0.1) is 12.6 Å². The fourth-order valence-electron chi connectivity index (χ4n) is 2.66. The van der Waals surface area contributed by atoms with Crippen molar-refractivity contribution in [2.45, 2.75) is 32.3 Å². The van der Waals surface area contributed by atoms with E-state index in [4.69, 9.17) is 4.74 Å². The Morgan fingerprint density at radius 1 is 1.38 bits per heavy atom. The van der Waals surface area contributed by atoms with Crippen LogP contribution >= 0.6 is 0 Å². The number of amides is 1. The molecule has 0 aliphatic carbocycles. The van der Waals surface area contributed by atoms with Crippen LogP contribution in [-0.4, -0.2) is 51.3 Å². The third kappa shape index (κ3) is 5.85. The van der Waals surface area contributed by atoms with Crippen molar-refractivity contribution < 1.29 is 9.53 Å². The minimum absolute atomic E-state index is 0.0590. The second kappa shape index (κ2) is 9.93. The highest BCUT2D eigenvalue weighted by molar-refractivity contribution is 5.94. The predicted octanol–water partition coefficient (Wildman–Crippen LogP) is 1.32. The Bertz CT molecular complexity index is 554. The average molecular weight is 332 g/mol. The summed E-state index contributed by atoms with van der Waals surface area (Å²) in [5, 5.41) is 9.24. The lowest BCUT2D eigenvalue weighted by Gasteiger charge is -2.13. The minimum Gasteiger partial charge on any atom is -0.376 e. The molecule has 1 aromatic carbocycles. The lowest BCUT2D eigenvalue weighted by Crippen LogP contribution is -2.39. The number of guanidine groups is 1. The molecule has 6 heteroatoms.